The van der Waals surface area contributed by atoms with Crippen LogP contribution in [0.2, 0.25) is 0 Å². The number of nitrogens with zero attached hydrogens (tertiary/aromatic N) is 2. The fraction of sp³-hybridized carbons (Fsp3) is 0.444. The summed E-state index contributed by atoms with van der Waals surface area (Å²) in [5.41, 5.74) is 0.998. The van der Waals surface area contributed by atoms with Crippen LogP contribution in [0.5, 0.6) is 0 Å². The average molecular weight is 227 g/mol. The van der Waals surface area contributed by atoms with Crippen LogP contribution in [-0.2, 0) is 6.54 Å². The van der Waals surface area contributed by atoms with E-state index in [1.807, 2.05) is 10.9 Å². The first-order chi connectivity index (χ1) is 5.86. The molecule has 12 heavy (non-hydrogen) atoms. The molecule has 0 aliphatic heterocycles. The van der Waals surface area contributed by atoms with E-state index in [1.54, 1.807) is 6.20 Å². The van der Waals surface area contributed by atoms with Crippen LogP contribution in [0.15, 0.2) is 12.4 Å². The standard InChI is InChI=1S/C9H11BrN2/c1-2-12-8-9(7-11-12)5-3-4-6-10/h7-8H,2,4,6H2,1H3. The summed E-state index contributed by atoms with van der Waals surface area (Å²) in [5, 5.41) is 5.05. The molecule has 0 amide bonds. The van der Waals surface area contributed by atoms with E-state index in [0.717, 1.165) is 23.9 Å². The van der Waals surface area contributed by atoms with E-state index in [1.165, 1.54) is 0 Å². The Bertz CT molecular complexity index is 293. The number of rotatable bonds is 2. The van der Waals surface area contributed by atoms with Crippen molar-refractivity contribution in [1.82, 2.24) is 9.78 Å². The Hall–Kier alpha value is -0.750. The molecule has 0 fully saturated rings. The molecule has 0 N–H and O–H groups in total. The van der Waals surface area contributed by atoms with Gasteiger partial charge in [0.1, 0.15) is 0 Å². The number of hydrogen-bond donors (Lipinski definition) is 0. The van der Waals surface area contributed by atoms with E-state index in [-0.39, 0.29) is 0 Å². The number of aromatic nitrogens is 2. The number of hydrogen-bond acceptors (Lipinski definition) is 1. The Morgan fingerprint density at radius 1 is 1.67 bits per heavy atom. The molecule has 0 aliphatic carbocycles. The Morgan fingerprint density at radius 2 is 2.50 bits per heavy atom. The van der Waals surface area contributed by atoms with Gasteiger partial charge in [-0.3, -0.25) is 4.68 Å². The zero-order valence-corrected chi connectivity index (χ0v) is 8.63. The van der Waals surface area contributed by atoms with Gasteiger partial charge in [0, 0.05) is 24.5 Å². The normalized spacial score (nSPS) is 9.17. The van der Waals surface area contributed by atoms with Crippen molar-refractivity contribution in [2.75, 3.05) is 5.33 Å². The van der Waals surface area contributed by atoms with Gasteiger partial charge in [0.25, 0.3) is 0 Å². The second kappa shape index (κ2) is 5.00. The highest BCUT2D eigenvalue weighted by atomic mass is 79.9. The lowest BCUT2D eigenvalue weighted by molar-refractivity contribution is 0.660. The molecule has 0 unspecified atom stereocenters. The Labute approximate surface area is 81.1 Å². The molecular formula is C9H11BrN2. The van der Waals surface area contributed by atoms with E-state index in [4.69, 9.17) is 0 Å². The molecular weight excluding hydrogens is 216 g/mol. The summed E-state index contributed by atoms with van der Waals surface area (Å²) in [6, 6.07) is 0. The first-order valence-corrected chi connectivity index (χ1v) is 5.06. The molecule has 0 radical (unpaired) electrons. The van der Waals surface area contributed by atoms with Gasteiger partial charge < -0.3 is 0 Å². The molecule has 0 atom stereocenters. The lowest BCUT2D eigenvalue weighted by Crippen LogP contribution is -1.91. The van der Waals surface area contributed by atoms with Crippen molar-refractivity contribution in [3.05, 3.63) is 18.0 Å². The van der Waals surface area contributed by atoms with Crippen LogP contribution < -0.4 is 0 Å². The van der Waals surface area contributed by atoms with Gasteiger partial charge in [-0.25, -0.2) is 0 Å². The maximum absolute atomic E-state index is 4.12. The van der Waals surface area contributed by atoms with Crippen LogP contribution >= 0.6 is 15.9 Å². The summed E-state index contributed by atoms with van der Waals surface area (Å²) < 4.78 is 1.87. The maximum Gasteiger partial charge on any atom is 0.0646 e. The Balaban J connectivity index is 2.59. The van der Waals surface area contributed by atoms with Gasteiger partial charge in [0.05, 0.1) is 11.8 Å². The third-order valence-electron chi connectivity index (χ3n) is 1.41. The number of halogens is 1. The van der Waals surface area contributed by atoms with Crippen LogP contribution in [0.25, 0.3) is 0 Å². The van der Waals surface area contributed by atoms with Crippen molar-refractivity contribution < 1.29 is 0 Å². The van der Waals surface area contributed by atoms with Crippen molar-refractivity contribution in [3.63, 3.8) is 0 Å². The highest BCUT2D eigenvalue weighted by molar-refractivity contribution is 9.09. The summed E-state index contributed by atoms with van der Waals surface area (Å²) in [6.45, 7) is 2.96. The molecule has 0 spiro atoms. The summed E-state index contributed by atoms with van der Waals surface area (Å²) in [5.74, 6) is 6.08. The Kier molecular flexibility index (Phi) is 3.89. The molecule has 0 aliphatic rings. The first kappa shape index (κ1) is 9.34. The second-order valence-corrected chi connectivity index (χ2v) is 3.12. The van der Waals surface area contributed by atoms with Crippen molar-refractivity contribution in [2.45, 2.75) is 19.9 Å². The molecule has 1 heterocycles. The molecule has 1 rings (SSSR count). The molecule has 1 aromatic heterocycles. The lowest BCUT2D eigenvalue weighted by Gasteiger charge is -1.88. The Morgan fingerprint density at radius 3 is 3.08 bits per heavy atom. The largest absolute Gasteiger partial charge is 0.272 e. The van der Waals surface area contributed by atoms with Gasteiger partial charge in [-0.15, -0.1) is 0 Å². The van der Waals surface area contributed by atoms with Crippen LogP contribution in [-0.4, -0.2) is 15.1 Å². The minimum atomic E-state index is 0.886. The van der Waals surface area contributed by atoms with Crippen LogP contribution in [0.1, 0.15) is 18.9 Å². The summed E-state index contributed by atoms with van der Waals surface area (Å²) in [7, 11) is 0. The van der Waals surface area contributed by atoms with Crippen LogP contribution in [0.3, 0.4) is 0 Å². The maximum atomic E-state index is 4.12. The van der Waals surface area contributed by atoms with Gasteiger partial charge in [0.15, 0.2) is 0 Å². The molecule has 0 saturated carbocycles. The molecule has 0 bridgehead atoms. The van der Waals surface area contributed by atoms with Crippen LogP contribution in [0.4, 0.5) is 0 Å². The number of aryl methyl sites for hydroxylation is 1. The van der Waals surface area contributed by atoms with Gasteiger partial charge in [0.2, 0.25) is 0 Å². The first-order valence-electron chi connectivity index (χ1n) is 3.94. The molecule has 3 heteroatoms. The zero-order chi connectivity index (χ0) is 8.81. The topological polar surface area (TPSA) is 17.8 Å². The molecule has 1 aromatic rings. The lowest BCUT2D eigenvalue weighted by atomic mass is 10.3. The average Bonchev–Trinajstić information content (AvgIpc) is 2.53. The van der Waals surface area contributed by atoms with E-state index in [9.17, 15) is 0 Å². The monoisotopic (exact) mass is 226 g/mol. The highest BCUT2D eigenvalue weighted by Gasteiger charge is 1.90. The summed E-state index contributed by atoms with van der Waals surface area (Å²) >= 11 is 3.32. The molecule has 64 valence electrons. The van der Waals surface area contributed by atoms with Gasteiger partial charge >= 0.3 is 0 Å². The minimum absolute atomic E-state index is 0.886. The second-order valence-electron chi connectivity index (χ2n) is 2.33. The summed E-state index contributed by atoms with van der Waals surface area (Å²) in [4.78, 5) is 0. The van der Waals surface area contributed by atoms with E-state index < -0.39 is 0 Å². The van der Waals surface area contributed by atoms with Gasteiger partial charge in [-0.2, -0.15) is 5.10 Å². The van der Waals surface area contributed by atoms with Crippen molar-refractivity contribution in [3.8, 4) is 11.8 Å². The van der Waals surface area contributed by atoms with E-state index in [0.29, 0.717) is 0 Å². The molecule has 0 saturated heterocycles. The SMILES string of the molecule is CCn1cc(C#CCCBr)cn1. The third kappa shape index (κ3) is 2.71. The fourth-order valence-electron chi connectivity index (χ4n) is 0.813. The van der Waals surface area contributed by atoms with E-state index >= 15 is 0 Å². The van der Waals surface area contributed by atoms with Gasteiger partial charge in [-0.1, -0.05) is 27.8 Å². The third-order valence-corrected chi connectivity index (χ3v) is 1.81. The van der Waals surface area contributed by atoms with Crippen LogP contribution in [0, 0.1) is 11.8 Å². The molecule has 2 nitrogen and oxygen atoms in total. The zero-order valence-electron chi connectivity index (χ0n) is 7.05. The highest BCUT2D eigenvalue weighted by Crippen LogP contribution is 1.95. The van der Waals surface area contributed by atoms with E-state index in [2.05, 4.69) is 39.8 Å². The fourth-order valence-corrected chi connectivity index (χ4v) is 1.01. The quantitative estimate of drug-likeness (QED) is 0.558. The molecule has 0 aromatic carbocycles. The summed E-state index contributed by atoms with van der Waals surface area (Å²) in [6.07, 6.45) is 4.64. The predicted molar refractivity (Wildman–Crippen MR) is 53.2 cm³/mol. The number of alkyl halides is 1. The smallest absolute Gasteiger partial charge is 0.0646 e. The minimum Gasteiger partial charge on any atom is -0.272 e. The van der Waals surface area contributed by atoms with Crippen molar-refractivity contribution in [1.29, 1.82) is 0 Å². The van der Waals surface area contributed by atoms with Gasteiger partial charge in [-0.05, 0) is 6.92 Å². The van der Waals surface area contributed by atoms with Crippen molar-refractivity contribution >= 4 is 15.9 Å². The predicted octanol–water partition coefficient (Wildman–Crippen LogP) is 2.04. The van der Waals surface area contributed by atoms with Crippen molar-refractivity contribution in [2.24, 2.45) is 0 Å².